The van der Waals surface area contributed by atoms with Crippen LogP contribution in [0.25, 0.3) is 0 Å². The molecule has 3 saturated heterocycles. The molecule has 5 heterocycles. The van der Waals surface area contributed by atoms with Crippen molar-refractivity contribution in [2.24, 2.45) is 5.92 Å². The van der Waals surface area contributed by atoms with Gasteiger partial charge in [-0.3, -0.25) is 24.6 Å². The highest BCUT2D eigenvalue weighted by atomic mass is 16.5. The smallest absolute Gasteiger partial charge is 0.255 e. The van der Waals surface area contributed by atoms with Crippen LogP contribution >= 0.6 is 0 Å². The highest BCUT2D eigenvalue weighted by Crippen LogP contribution is 2.51. The molecule has 5 aliphatic heterocycles. The minimum absolute atomic E-state index is 0.121. The molecular formula is C43H51N5O5. The van der Waals surface area contributed by atoms with E-state index in [1.165, 1.54) is 48.9 Å². The Morgan fingerprint density at radius 2 is 1.51 bits per heavy atom. The second-order valence-electron chi connectivity index (χ2n) is 16.3. The summed E-state index contributed by atoms with van der Waals surface area (Å²) in [6, 6.07) is 20.7. The van der Waals surface area contributed by atoms with Crippen molar-refractivity contribution in [1.82, 2.24) is 15.1 Å². The van der Waals surface area contributed by atoms with E-state index < -0.39 is 6.04 Å². The van der Waals surface area contributed by atoms with Crippen molar-refractivity contribution in [2.75, 3.05) is 55.6 Å². The van der Waals surface area contributed by atoms with Gasteiger partial charge in [0.1, 0.15) is 11.8 Å². The highest BCUT2D eigenvalue weighted by Gasteiger charge is 2.46. The topological polar surface area (TPSA) is 106 Å². The number of piperazine rings is 1. The number of hydrogen-bond donors (Lipinski definition) is 2. The van der Waals surface area contributed by atoms with Crippen LogP contribution in [0.15, 0.2) is 60.7 Å². The Kier molecular flexibility index (Phi) is 9.14. The summed E-state index contributed by atoms with van der Waals surface area (Å²) in [5, 5.41) is 12.6. The molecule has 2 atom stereocenters. The Morgan fingerprint density at radius 1 is 0.774 bits per heavy atom. The van der Waals surface area contributed by atoms with Gasteiger partial charge in [-0.1, -0.05) is 37.5 Å². The van der Waals surface area contributed by atoms with Crippen LogP contribution in [0.5, 0.6) is 5.75 Å². The van der Waals surface area contributed by atoms with Gasteiger partial charge in [0.15, 0.2) is 0 Å². The second kappa shape index (κ2) is 14.1. The van der Waals surface area contributed by atoms with Crippen molar-refractivity contribution >= 4 is 29.1 Å². The van der Waals surface area contributed by atoms with E-state index in [0.717, 1.165) is 75.5 Å². The number of benzene rings is 3. The number of hydrogen-bond acceptors (Lipinski definition) is 8. The monoisotopic (exact) mass is 717 g/mol. The maximum absolute atomic E-state index is 13.1. The molecule has 2 N–H and O–H groups in total. The first-order valence-electron chi connectivity index (χ1n) is 19.9. The summed E-state index contributed by atoms with van der Waals surface area (Å²) in [4.78, 5) is 46.4. The number of ether oxygens (including phenoxy) is 1. The second-order valence-corrected chi connectivity index (χ2v) is 16.3. The fourth-order valence-corrected chi connectivity index (χ4v) is 10.2. The molecule has 3 aromatic rings. The summed E-state index contributed by atoms with van der Waals surface area (Å²) >= 11 is 0. The summed E-state index contributed by atoms with van der Waals surface area (Å²) in [5.74, 6) is 0.437. The van der Waals surface area contributed by atoms with Gasteiger partial charge in [-0.25, -0.2) is 0 Å². The number of amides is 3. The Labute approximate surface area is 312 Å². The molecule has 0 aromatic heterocycles. The number of imide groups is 1. The average molecular weight is 718 g/mol. The summed E-state index contributed by atoms with van der Waals surface area (Å²) < 4.78 is 6.69. The summed E-state index contributed by atoms with van der Waals surface area (Å²) in [6.45, 7) is 8.23. The maximum Gasteiger partial charge on any atom is 0.255 e. The number of phenolic OH excluding ortho intramolecular Hbond substituents is 1. The van der Waals surface area contributed by atoms with Crippen LogP contribution in [0.1, 0.15) is 96.3 Å². The lowest BCUT2D eigenvalue weighted by Crippen LogP contribution is -2.52. The number of fused-ring (bicyclic) bond motifs is 2. The van der Waals surface area contributed by atoms with Crippen molar-refractivity contribution in [3.63, 3.8) is 0 Å². The van der Waals surface area contributed by atoms with Gasteiger partial charge in [0.25, 0.3) is 5.91 Å². The predicted molar refractivity (Wildman–Crippen MR) is 203 cm³/mol. The minimum Gasteiger partial charge on any atom is -0.508 e. The third-order valence-corrected chi connectivity index (χ3v) is 13.1. The van der Waals surface area contributed by atoms with Gasteiger partial charge in [0.05, 0.1) is 12.2 Å². The lowest BCUT2D eigenvalue weighted by atomic mass is 9.67. The number of nitrogens with zero attached hydrogens (tertiary/aromatic N) is 4. The largest absolute Gasteiger partial charge is 0.508 e. The standard InChI is InChI=1S/C43H51N5O5/c49-35-9-11-36-32(25-35)28-53-43(16-2-1-3-17-43)40(36)30-4-6-33(7-5-30)46-18-14-29(15-19-46)26-45-20-22-47(23-21-45)34-8-10-37-31(24-34)27-48(42(37)52)38-12-13-39(50)44-41(38)51/h4-11,24-25,29,38,40,49H,1-3,12-23,26-28H2,(H,44,50,51)/t38-,40-/m0/s1. The van der Waals surface area contributed by atoms with Crippen molar-refractivity contribution < 1.29 is 24.2 Å². The number of piperidine rings is 2. The third-order valence-electron chi connectivity index (χ3n) is 13.1. The van der Waals surface area contributed by atoms with E-state index >= 15 is 0 Å². The maximum atomic E-state index is 13.1. The molecule has 1 spiro atoms. The number of phenols is 1. The van der Waals surface area contributed by atoms with Gasteiger partial charge >= 0.3 is 0 Å². The number of anilines is 2. The average Bonchev–Trinajstić information content (AvgIpc) is 3.51. The van der Waals surface area contributed by atoms with E-state index in [1.807, 2.05) is 24.3 Å². The van der Waals surface area contributed by atoms with Crippen molar-refractivity contribution in [2.45, 2.75) is 88.5 Å². The van der Waals surface area contributed by atoms with Crippen LogP contribution in [-0.2, 0) is 27.5 Å². The van der Waals surface area contributed by atoms with Crippen molar-refractivity contribution in [1.29, 1.82) is 0 Å². The fraction of sp³-hybridized carbons (Fsp3) is 0.512. The molecule has 278 valence electrons. The quantitative estimate of drug-likeness (QED) is 0.320. The molecular weight excluding hydrogens is 667 g/mol. The lowest BCUT2D eigenvalue weighted by molar-refractivity contribution is -0.136. The molecule has 10 heteroatoms. The van der Waals surface area contributed by atoms with Crippen LogP contribution < -0.4 is 15.1 Å². The Balaban J connectivity index is 0.776. The van der Waals surface area contributed by atoms with Crippen LogP contribution in [0.3, 0.4) is 0 Å². The van der Waals surface area contributed by atoms with Gasteiger partial charge in [-0.05, 0) is 103 Å². The van der Waals surface area contributed by atoms with E-state index in [0.29, 0.717) is 36.8 Å². The van der Waals surface area contributed by atoms with E-state index in [2.05, 4.69) is 56.4 Å². The summed E-state index contributed by atoms with van der Waals surface area (Å²) in [5.41, 5.74) is 7.65. The van der Waals surface area contributed by atoms with E-state index in [4.69, 9.17) is 4.74 Å². The zero-order valence-electron chi connectivity index (χ0n) is 30.6. The Hall–Kier alpha value is -4.41. The Morgan fingerprint density at radius 3 is 2.26 bits per heavy atom. The summed E-state index contributed by atoms with van der Waals surface area (Å²) in [7, 11) is 0. The van der Waals surface area contributed by atoms with Gasteiger partial charge in [-0.15, -0.1) is 0 Å². The minimum atomic E-state index is -0.584. The molecule has 9 rings (SSSR count). The van der Waals surface area contributed by atoms with Crippen LogP contribution in [-0.4, -0.2) is 90.1 Å². The fourth-order valence-electron chi connectivity index (χ4n) is 10.2. The van der Waals surface area contributed by atoms with Crippen LogP contribution in [0.2, 0.25) is 0 Å². The van der Waals surface area contributed by atoms with Gasteiger partial charge in [0, 0.05) is 81.6 Å². The predicted octanol–water partition coefficient (Wildman–Crippen LogP) is 5.56. The van der Waals surface area contributed by atoms with E-state index in [-0.39, 0.29) is 35.7 Å². The molecule has 10 nitrogen and oxygen atoms in total. The first-order valence-corrected chi connectivity index (χ1v) is 19.9. The van der Waals surface area contributed by atoms with E-state index in [9.17, 15) is 19.5 Å². The number of carbonyl (C=O) groups is 3. The highest BCUT2D eigenvalue weighted by molar-refractivity contribution is 6.05. The number of rotatable bonds is 6. The number of nitrogens with one attached hydrogen (secondary N) is 1. The first kappa shape index (κ1) is 34.4. The van der Waals surface area contributed by atoms with Crippen LogP contribution in [0.4, 0.5) is 11.4 Å². The van der Waals surface area contributed by atoms with Gasteiger partial charge in [0.2, 0.25) is 11.8 Å². The van der Waals surface area contributed by atoms with Crippen molar-refractivity contribution in [3.05, 3.63) is 88.5 Å². The number of carbonyl (C=O) groups excluding carboxylic acids is 3. The van der Waals surface area contributed by atoms with Crippen LogP contribution in [0, 0.1) is 5.92 Å². The van der Waals surface area contributed by atoms with Gasteiger partial charge in [-0.2, -0.15) is 0 Å². The van der Waals surface area contributed by atoms with Gasteiger partial charge < -0.3 is 24.5 Å². The first-order chi connectivity index (χ1) is 25.8. The molecule has 0 unspecified atom stereocenters. The normalized spacial score (nSPS) is 25.1. The number of aromatic hydroxyl groups is 1. The molecule has 1 aliphatic carbocycles. The summed E-state index contributed by atoms with van der Waals surface area (Å²) in [6.07, 6.45) is 8.91. The molecule has 3 aromatic carbocycles. The molecule has 3 amide bonds. The molecule has 0 bridgehead atoms. The van der Waals surface area contributed by atoms with E-state index in [1.54, 1.807) is 4.90 Å². The molecule has 53 heavy (non-hydrogen) atoms. The lowest BCUT2D eigenvalue weighted by Gasteiger charge is -2.47. The molecule has 4 fully saturated rings. The molecule has 0 radical (unpaired) electrons. The zero-order chi connectivity index (χ0) is 36.1. The molecule has 1 saturated carbocycles. The molecule has 6 aliphatic rings. The van der Waals surface area contributed by atoms with Crippen molar-refractivity contribution in [3.8, 4) is 5.75 Å². The SMILES string of the molecule is O=C1CC[C@H](N2Cc3cc(N4CCN(CC5CCN(c6ccc([C@H]7c8ccc(O)cc8COC78CCCCC8)cc6)CC5)CC4)ccc3C2=O)C(=O)N1. The zero-order valence-corrected chi connectivity index (χ0v) is 30.6. The Bertz CT molecular complexity index is 1870. The third kappa shape index (κ3) is 6.58.